The zero-order valence-corrected chi connectivity index (χ0v) is 10.9. The van der Waals surface area contributed by atoms with E-state index in [9.17, 15) is 0 Å². The van der Waals surface area contributed by atoms with Gasteiger partial charge >= 0.3 is 0 Å². The number of nitrogens with zero attached hydrogens (tertiary/aromatic N) is 1. The molecule has 1 rings (SSSR count). The predicted molar refractivity (Wildman–Crippen MR) is 64.8 cm³/mol. The van der Waals surface area contributed by atoms with Gasteiger partial charge in [0.05, 0.1) is 10.0 Å². The van der Waals surface area contributed by atoms with Crippen LogP contribution in [0.15, 0.2) is 11.1 Å². The van der Waals surface area contributed by atoms with Crippen molar-refractivity contribution in [3.63, 3.8) is 0 Å². The summed E-state index contributed by atoms with van der Waals surface area (Å²) in [7, 11) is 0. The molecule has 0 amide bonds. The van der Waals surface area contributed by atoms with Gasteiger partial charge in [-0.15, -0.1) is 11.8 Å². The predicted octanol–water partition coefficient (Wildman–Crippen LogP) is 4.79. The summed E-state index contributed by atoms with van der Waals surface area (Å²) >= 11 is 19.1. The minimum absolute atomic E-state index is 0.308. The number of hydrogen-bond donors (Lipinski definition) is 0. The summed E-state index contributed by atoms with van der Waals surface area (Å²) < 4.78 is 0. The highest BCUT2D eigenvalue weighted by molar-refractivity contribution is 7.99. The standard InChI is InChI=1S/C9H10Cl3NS/c1-5(2)4-14-9-7(11)3-6(10)8(12)13-9/h3,5H,4H2,1-2H3. The molecule has 0 saturated heterocycles. The Morgan fingerprint density at radius 3 is 2.50 bits per heavy atom. The lowest BCUT2D eigenvalue weighted by Gasteiger charge is -2.06. The van der Waals surface area contributed by atoms with E-state index in [1.807, 2.05) is 0 Å². The first-order valence-corrected chi connectivity index (χ1v) is 6.27. The Labute approximate surface area is 103 Å². The van der Waals surface area contributed by atoms with Gasteiger partial charge in [0.25, 0.3) is 0 Å². The molecule has 0 unspecified atom stereocenters. The Kier molecular flexibility index (Phi) is 4.84. The fraction of sp³-hybridized carbons (Fsp3) is 0.444. The Balaban J connectivity index is 2.82. The Bertz CT molecular complexity index is 328. The Morgan fingerprint density at radius 2 is 1.93 bits per heavy atom. The average Bonchev–Trinajstić information content (AvgIpc) is 2.09. The number of aromatic nitrogens is 1. The molecular formula is C9H10Cl3NS. The van der Waals surface area contributed by atoms with E-state index in [1.165, 1.54) is 0 Å². The van der Waals surface area contributed by atoms with Gasteiger partial charge in [-0.3, -0.25) is 0 Å². The van der Waals surface area contributed by atoms with Crippen molar-refractivity contribution in [2.75, 3.05) is 5.75 Å². The lowest BCUT2D eigenvalue weighted by Crippen LogP contribution is -1.92. The molecule has 0 fully saturated rings. The summed E-state index contributed by atoms with van der Waals surface area (Å²) in [5.74, 6) is 1.55. The fourth-order valence-electron chi connectivity index (χ4n) is 0.775. The highest BCUT2D eigenvalue weighted by atomic mass is 35.5. The van der Waals surface area contributed by atoms with Crippen molar-refractivity contribution in [1.82, 2.24) is 4.98 Å². The molecule has 0 saturated carbocycles. The number of halogens is 3. The molecule has 0 atom stereocenters. The summed E-state index contributed by atoms with van der Waals surface area (Å²) in [6, 6.07) is 1.63. The van der Waals surface area contributed by atoms with E-state index in [0.29, 0.717) is 21.1 Å². The van der Waals surface area contributed by atoms with Gasteiger partial charge < -0.3 is 0 Å². The van der Waals surface area contributed by atoms with Crippen LogP contribution in [0.5, 0.6) is 0 Å². The third kappa shape index (κ3) is 3.50. The van der Waals surface area contributed by atoms with Crippen molar-refractivity contribution in [1.29, 1.82) is 0 Å². The van der Waals surface area contributed by atoms with Crippen molar-refractivity contribution in [3.8, 4) is 0 Å². The van der Waals surface area contributed by atoms with Gasteiger partial charge in [0.1, 0.15) is 10.2 Å². The van der Waals surface area contributed by atoms with Crippen molar-refractivity contribution in [2.24, 2.45) is 5.92 Å². The van der Waals surface area contributed by atoms with Crippen LogP contribution in [0.4, 0.5) is 0 Å². The first-order chi connectivity index (χ1) is 6.50. The maximum Gasteiger partial charge on any atom is 0.149 e. The molecule has 78 valence electrons. The monoisotopic (exact) mass is 269 g/mol. The molecule has 14 heavy (non-hydrogen) atoms. The van der Waals surface area contributed by atoms with E-state index in [1.54, 1.807) is 17.8 Å². The topological polar surface area (TPSA) is 12.9 Å². The first-order valence-electron chi connectivity index (χ1n) is 4.15. The molecule has 0 aliphatic heterocycles. The lowest BCUT2D eigenvalue weighted by molar-refractivity contribution is 0.749. The quantitative estimate of drug-likeness (QED) is 0.578. The van der Waals surface area contributed by atoms with Crippen LogP contribution in [0.3, 0.4) is 0 Å². The molecule has 1 aromatic rings. The van der Waals surface area contributed by atoms with Gasteiger partial charge in [0, 0.05) is 5.75 Å². The zero-order valence-electron chi connectivity index (χ0n) is 7.85. The van der Waals surface area contributed by atoms with Crippen molar-refractivity contribution >= 4 is 46.6 Å². The summed E-state index contributed by atoms with van der Waals surface area (Å²) in [6.45, 7) is 4.27. The number of thioether (sulfide) groups is 1. The second kappa shape index (κ2) is 5.45. The van der Waals surface area contributed by atoms with E-state index < -0.39 is 0 Å². The normalized spacial score (nSPS) is 11.0. The van der Waals surface area contributed by atoms with Crippen molar-refractivity contribution in [2.45, 2.75) is 18.9 Å². The van der Waals surface area contributed by atoms with Crippen LogP contribution in [0.2, 0.25) is 15.2 Å². The van der Waals surface area contributed by atoms with Crippen molar-refractivity contribution in [3.05, 3.63) is 21.3 Å². The van der Waals surface area contributed by atoms with Crippen LogP contribution in [-0.4, -0.2) is 10.7 Å². The molecule has 1 aromatic heterocycles. The van der Waals surface area contributed by atoms with Gasteiger partial charge in [-0.1, -0.05) is 48.7 Å². The van der Waals surface area contributed by atoms with E-state index in [-0.39, 0.29) is 0 Å². The van der Waals surface area contributed by atoms with E-state index >= 15 is 0 Å². The fourth-order valence-corrected chi connectivity index (χ4v) is 2.33. The second-order valence-corrected chi connectivity index (χ2v) is 5.43. The zero-order chi connectivity index (χ0) is 10.7. The maximum absolute atomic E-state index is 5.96. The summed E-state index contributed by atoms with van der Waals surface area (Å²) in [6.07, 6.45) is 0. The molecule has 0 radical (unpaired) electrons. The molecule has 0 aliphatic carbocycles. The molecular weight excluding hydrogens is 261 g/mol. The van der Waals surface area contributed by atoms with Gasteiger partial charge in [0.2, 0.25) is 0 Å². The SMILES string of the molecule is CC(C)CSc1nc(Cl)c(Cl)cc1Cl. The van der Waals surface area contributed by atoms with Crippen molar-refractivity contribution < 1.29 is 0 Å². The van der Waals surface area contributed by atoms with E-state index in [0.717, 1.165) is 10.8 Å². The van der Waals surface area contributed by atoms with Crippen LogP contribution in [0, 0.1) is 5.92 Å². The van der Waals surface area contributed by atoms with Crippen LogP contribution in [0.25, 0.3) is 0 Å². The molecule has 0 N–H and O–H groups in total. The molecule has 5 heteroatoms. The molecule has 0 bridgehead atoms. The van der Waals surface area contributed by atoms with Crippen LogP contribution in [-0.2, 0) is 0 Å². The smallest absolute Gasteiger partial charge is 0.149 e. The highest BCUT2D eigenvalue weighted by Crippen LogP contribution is 2.32. The molecule has 1 heterocycles. The molecule has 1 nitrogen and oxygen atoms in total. The Hall–Kier alpha value is 0.370. The highest BCUT2D eigenvalue weighted by Gasteiger charge is 2.08. The van der Waals surface area contributed by atoms with Gasteiger partial charge in [-0.05, 0) is 12.0 Å². The second-order valence-electron chi connectivity index (χ2n) is 3.25. The van der Waals surface area contributed by atoms with E-state index in [2.05, 4.69) is 18.8 Å². The molecule has 0 spiro atoms. The third-order valence-corrected chi connectivity index (χ3v) is 3.90. The Morgan fingerprint density at radius 1 is 1.29 bits per heavy atom. The summed E-state index contributed by atoms with van der Waals surface area (Å²) in [5.41, 5.74) is 0. The molecule has 0 aliphatic rings. The van der Waals surface area contributed by atoms with Gasteiger partial charge in [-0.2, -0.15) is 0 Å². The summed E-state index contributed by atoms with van der Waals surface area (Å²) in [4.78, 5) is 4.11. The largest absolute Gasteiger partial charge is 0.227 e. The van der Waals surface area contributed by atoms with Gasteiger partial charge in [0.15, 0.2) is 0 Å². The number of rotatable bonds is 3. The number of hydrogen-bond acceptors (Lipinski definition) is 2. The number of pyridine rings is 1. The maximum atomic E-state index is 5.96. The average molecular weight is 271 g/mol. The van der Waals surface area contributed by atoms with Crippen LogP contribution >= 0.6 is 46.6 Å². The van der Waals surface area contributed by atoms with E-state index in [4.69, 9.17) is 34.8 Å². The van der Waals surface area contributed by atoms with Crippen LogP contribution in [0.1, 0.15) is 13.8 Å². The lowest BCUT2D eigenvalue weighted by atomic mass is 10.3. The molecule has 0 aromatic carbocycles. The minimum atomic E-state index is 0.308. The minimum Gasteiger partial charge on any atom is -0.227 e. The first kappa shape index (κ1) is 12.4. The summed E-state index contributed by atoms with van der Waals surface area (Å²) in [5, 5.41) is 2.01. The third-order valence-electron chi connectivity index (χ3n) is 1.41. The van der Waals surface area contributed by atoms with Gasteiger partial charge in [-0.25, -0.2) is 4.98 Å². The van der Waals surface area contributed by atoms with Crippen LogP contribution < -0.4 is 0 Å².